The van der Waals surface area contributed by atoms with Crippen molar-refractivity contribution in [2.45, 2.75) is 18.4 Å². The number of aromatic nitrogens is 4. The van der Waals surface area contributed by atoms with Gasteiger partial charge < -0.3 is 0 Å². The normalized spacial score (nSPS) is 11.8. The molecule has 0 amide bonds. The molecule has 1 N–H and O–H groups in total. The summed E-state index contributed by atoms with van der Waals surface area (Å²) in [6.45, 7) is 1.63. The average molecular weight is 353 g/mol. The monoisotopic (exact) mass is 352 g/mol. The molecule has 0 atom stereocenters. The van der Waals surface area contributed by atoms with E-state index in [0.29, 0.717) is 16.4 Å². The maximum Gasteiger partial charge on any atom is 0.328 e. The van der Waals surface area contributed by atoms with Crippen molar-refractivity contribution in [3.63, 3.8) is 0 Å². The number of rotatable bonds is 3. The minimum absolute atomic E-state index is 0.0643. The number of nitrogens with zero attached hydrogens (tertiary/aromatic N) is 3. The van der Waals surface area contributed by atoms with Gasteiger partial charge >= 0.3 is 5.69 Å². The van der Waals surface area contributed by atoms with Gasteiger partial charge in [-0.2, -0.15) is 5.10 Å². The molecule has 0 aliphatic heterocycles. The van der Waals surface area contributed by atoms with E-state index in [1.807, 2.05) is 4.98 Å². The molecule has 0 saturated carbocycles. The fourth-order valence-electron chi connectivity index (χ4n) is 1.79. The summed E-state index contributed by atoms with van der Waals surface area (Å²) in [4.78, 5) is 24.4. The Morgan fingerprint density at radius 3 is 2.48 bits per heavy atom. The van der Waals surface area contributed by atoms with E-state index in [1.165, 1.54) is 4.68 Å². The van der Waals surface area contributed by atoms with Crippen molar-refractivity contribution in [2.75, 3.05) is 0 Å². The van der Waals surface area contributed by atoms with Crippen LogP contribution in [-0.2, 0) is 22.6 Å². The highest BCUT2D eigenvalue weighted by molar-refractivity contribution is 8.13. The largest absolute Gasteiger partial charge is 0.328 e. The van der Waals surface area contributed by atoms with Crippen LogP contribution in [0.4, 0.5) is 0 Å². The molecule has 0 aromatic carbocycles. The van der Waals surface area contributed by atoms with E-state index in [0.717, 1.165) is 10.8 Å². The van der Waals surface area contributed by atoms with Crippen LogP contribution in [0.1, 0.15) is 11.4 Å². The summed E-state index contributed by atoms with van der Waals surface area (Å²) in [6.07, 6.45) is 0.877. The smallest absolute Gasteiger partial charge is 0.293 e. The lowest BCUT2D eigenvalue weighted by atomic mass is 10.3. The minimum Gasteiger partial charge on any atom is -0.293 e. The second-order valence-corrected chi connectivity index (χ2v) is 7.20. The molecule has 0 bridgehead atoms. The van der Waals surface area contributed by atoms with E-state index < -0.39 is 25.2 Å². The Bertz CT molecular complexity index is 926. The van der Waals surface area contributed by atoms with Crippen LogP contribution in [0.3, 0.4) is 0 Å². The first-order chi connectivity index (χ1) is 9.61. The molecule has 0 unspecified atom stereocenters. The lowest BCUT2D eigenvalue weighted by Crippen LogP contribution is -2.32. The predicted octanol–water partition coefficient (Wildman–Crippen LogP) is 0.208. The molecule has 0 spiro atoms. The summed E-state index contributed by atoms with van der Waals surface area (Å²) in [5.41, 5.74) is -0.796. The van der Waals surface area contributed by atoms with Crippen LogP contribution >= 0.6 is 22.3 Å². The van der Waals surface area contributed by atoms with E-state index >= 15 is 0 Å². The highest BCUT2D eigenvalue weighted by Crippen LogP contribution is 2.20. The van der Waals surface area contributed by atoms with Crippen molar-refractivity contribution in [3.05, 3.63) is 43.4 Å². The molecule has 2 aromatic heterocycles. The van der Waals surface area contributed by atoms with Crippen LogP contribution in [-0.4, -0.2) is 27.7 Å². The van der Waals surface area contributed by atoms with Gasteiger partial charge in [0.1, 0.15) is 0 Å². The molecule has 0 aliphatic rings. The van der Waals surface area contributed by atoms with Crippen molar-refractivity contribution < 1.29 is 8.42 Å². The van der Waals surface area contributed by atoms with Gasteiger partial charge in [0.15, 0.2) is 4.90 Å². The number of aromatic amines is 1. The fourth-order valence-corrected chi connectivity index (χ4v) is 2.87. The molecule has 21 heavy (non-hydrogen) atoms. The molecule has 114 valence electrons. The average Bonchev–Trinajstić information content (AvgIpc) is 2.57. The van der Waals surface area contributed by atoms with Crippen molar-refractivity contribution in [1.82, 2.24) is 19.3 Å². The van der Waals surface area contributed by atoms with Gasteiger partial charge in [-0.1, -0.05) is 11.6 Å². The Morgan fingerprint density at radius 2 is 2.00 bits per heavy atom. The molecule has 2 rings (SSSR count). The van der Waals surface area contributed by atoms with E-state index in [4.69, 9.17) is 22.3 Å². The first-order valence-corrected chi connectivity index (χ1v) is 8.26. The molecule has 0 saturated heterocycles. The third-order valence-corrected chi connectivity index (χ3v) is 4.63. The second kappa shape index (κ2) is 5.32. The molecular weight excluding hydrogens is 343 g/mol. The summed E-state index contributed by atoms with van der Waals surface area (Å²) in [7, 11) is 2.51. The Kier molecular flexibility index (Phi) is 4.00. The minimum atomic E-state index is -4.27. The highest BCUT2D eigenvalue weighted by Gasteiger charge is 2.19. The summed E-state index contributed by atoms with van der Waals surface area (Å²) in [5.74, 6) is 0. The fraction of sp³-hybridized carbons (Fsp3) is 0.300. The quantitative estimate of drug-likeness (QED) is 0.794. The molecular formula is C10H10Cl2N4O4S. The molecule has 8 nitrogen and oxygen atoms in total. The number of hydrogen-bond acceptors (Lipinski definition) is 5. The van der Waals surface area contributed by atoms with Crippen LogP contribution in [0.25, 0.3) is 0 Å². The summed E-state index contributed by atoms with van der Waals surface area (Å²) in [6, 6.07) is 0. The zero-order valence-corrected chi connectivity index (χ0v) is 13.3. The number of nitrogens with one attached hydrogen (secondary N) is 1. The Labute approximate surface area is 128 Å². The third-order valence-electron chi connectivity index (χ3n) is 2.82. The number of hydrogen-bond donors (Lipinski definition) is 1. The number of halogens is 2. The van der Waals surface area contributed by atoms with Crippen molar-refractivity contribution in [1.29, 1.82) is 0 Å². The standard InChI is InChI=1S/C10H10Cl2N4O4S/c1-5-8(11)6(15(2)14-5)3-16-4-7(21(12,19)20)9(17)13-10(16)18/h4H,3H2,1-2H3,(H,13,17,18). The number of H-pyrrole nitrogens is 1. The van der Waals surface area contributed by atoms with Crippen LogP contribution in [0.2, 0.25) is 5.02 Å². The third kappa shape index (κ3) is 3.04. The molecule has 2 aromatic rings. The molecule has 11 heteroatoms. The SMILES string of the molecule is Cc1nn(C)c(Cn2cc(S(=O)(=O)Cl)c(=O)[nH]c2=O)c1Cl. The first kappa shape index (κ1) is 15.8. The molecule has 2 heterocycles. The maximum absolute atomic E-state index is 11.7. The number of aryl methyl sites for hydroxylation is 2. The van der Waals surface area contributed by atoms with Gasteiger partial charge in [-0.3, -0.25) is 19.0 Å². The van der Waals surface area contributed by atoms with Crippen LogP contribution in [0, 0.1) is 6.92 Å². The lowest BCUT2D eigenvalue weighted by Gasteiger charge is -2.07. The summed E-state index contributed by atoms with van der Waals surface area (Å²) >= 11 is 6.06. The lowest BCUT2D eigenvalue weighted by molar-refractivity contribution is 0.598. The van der Waals surface area contributed by atoms with Crippen molar-refractivity contribution >= 4 is 31.3 Å². The highest BCUT2D eigenvalue weighted by atomic mass is 35.7. The van der Waals surface area contributed by atoms with Gasteiger partial charge in [-0.05, 0) is 6.92 Å². The van der Waals surface area contributed by atoms with Crippen LogP contribution in [0.5, 0.6) is 0 Å². The first-order valence-electron chi connectivity index (χ1n) is 5.57. The van der Waals surface area contributed by atoms with Crippen LogP contribution in [0.15, 0.2) is 20.7 Å². The van der Waals surface area contributed by atoms with E-state index in [2.05, 4.69) is 5.10 Å². The van der Waals surface area contributed by atoms with Gasteiger partial charge in [0.2, 0.25) is 0 Å². The Morgan fingerprint density at radius 1 is 1.38 bits per heavy atom. The van der Waals surface area contributed by atoms with Crippen molar-refractivity contribution in [3.8, 4) is 0 Å². The Hall–Kier alpha value is -1.58. The van der Waals surface area contributed by atoms with Crippen molar-refractivity contribution in [2.24, 2.45) is 7.05 Å². The van der Waals surface area contributed by atoms with Gasteiger partial charge in [-0.25, -0.2) is 13.2 Å². The van der Waals surface area contributed by atoms with Gasteiger partial charge in [-0.15, -0.1) is 0 Å². The van der Waals surface area contributed by atoms with E-state index in [-0.39, 0.29) is 6.54 Å². The summed E-state index contributed by atoms with van der Waals surface area (Å²) < 4.78 is 25.0. The van der Waals surface area contributed by atoms with Gasteiger partial charge in [0.25, 0.3) is 14.6 Å². The Balaban J connectivity index is 2.61. The van der Waals surface area contributed by atoms with Gasteiger partial charge in [0, 0.05) is 23.9 Å². The second-order valence-electron chi connectivity index (χ2n) is 4.29. The zero-order chi connectivity index (χ0) is 15.9. The molecule has 0 fully saturated rings. The zero-order valence-electron chi connectivity index (χ0n) is 10.9. The molecule has 0 radical (unpaired) electrons. The van der Waals surface area contributed by atoms with Crippen LogP contribution < -0.4 is 11.2 Å². The predicted molar refractivity (Wildman–Crippen MR) is 76.4 cm³/mol. The molecule has 0 aliphatic carbocycles. The summed E-state index contributed by atoms with van der Waals surface area (Å²) in [5, 5.41) is 4.43. The van der Waals surface area contributed by atoms with E-state index in [1.54, 1.807) is 14.0 Å². The van der Waals surface area contributed by atoms with E-state index in [9.17, 15) is 18.0 Å². The maximum atomic E-state index is 11.7. The topological polar surface area (TPSA) is 107 Å². The van der Waals surface area contributed by atoms with Gasteiger partial charge in [0.05, 0.1) is 23.0 Å².